The van der Waals surface area contributed by atoms with Crippen LogP contribution in [-0.4, -0.2) is 35.6 Å². The molecule has 0 saturated heterocycles. The van der Waals surface area contributed by atoms with Gasteiger partial charge < -0.3 is 14.8 Å². The van der Waals surface area contributed by atoms with Crippen molar-refractivity contribution in [3.63, 3.8) is 0 Å². The van der Waals surface area contributed by atoms with Gasteiger partial charge in [0, 0.05) is 30.8 Å². The number of ether oxygens (including phenoxy) is 2. The lowest BCUT2D eigenvalue weighted by atomic mass is 10.1. The average Bonchev–Trinajstić information content (AvgIpc) is 2.42. The maximum absolute atomic E-state index is 12.0. The molecule has 0 saturated carbocycles. The van der Waals surface area contributed by atoms with Crippen molar-refractivity contribution in [1.29, 1.82) is 0 Å². The van der Waals surface area contributed by atoms with Gasteiger partial charge in [0.05, 0.1) is 6.61 Å². The van der Waals surface area contributed by atoms with Gasteiger partial charge in [0.25, 0.3) is 0 Å². The Kier molecular flexibility index (Phi) is 6.82. The summed E-state index contributed by atoms with van der Waals surface area (Å²) in [6.45, 7) is 8.21. The fourth-order valence-corrected chi connectivity index (χ4v) is 1.68. The van der Waals surface area contributed by atoms with Gasteiger partial charge >= 0.3 is 6.09 Å². The number of hydrogen-bond acceptors (Lipinski definition) is 5. The Morgan fingerprint density at radius 1 is 1.27 bits per heavy atom. The molecule has 1 aromatic rings. The number of Topliss-reactive ketones (excluding diaryl/α,β-unsaturated/α-hetero) is 1. The fraction of sp³-hybridized carbons (Fsp3) is 0.562. The van der Waals surface area contributed by atoms with Gasteiger partial charge in [-0.25, -0.2) is 9.78 Å². The summed E-state index contributed by atoms with van der Waals surface area (Å²) < 4.78 is 10.3. The molecule has 0 bridgehead atoms. The third-order valence-corrected chi connectivity index (χ3v) is 2.60. The molecule has 1 N–H and O–H groups in total. The maximum atomic E-state index is 12.0. The first kappa shape index (κ1) is 17.9. The molecule has 0 spiro atoms. The van der Waals surface area contributed by atoms with E-state index in [2.05, 4.69) is 10.3 Å². The number of nitrogens with zero attached hydrogens (tertiary/aromatic N) is 1. The van der Waals surface area contributed by atoms with E-state index in [9.17, 15) is 9.59 Å². The topological polar surface area (TPSA) is 77.5 Å². The van der Waals surface area contributed by atoms with Gasteiger partial charge in [-0.1, -0.05) is 0 Å². The van der Waals surface area contributed by atoms with E-state index < -0.39 is 11.7 Å². The van der Waals surface area contributed by atoms with Crippen LogP contribution in [0.2, 0.25) is 0 Å². The minimum atomic E-state index is -0.520. The number of ketones is 1. The Morgan fingerprint density at radius 3 is 2.55 bits per heavy atom. The Labute approximate surface area is 131 Å². The largest absolute Gasteiger partial charge is 0.478 e. The van der Waals surface area contributed by atoms with E-state index >= 15 is 0 Å². The molecule has 0 aliphatic heterocycles. The highest BCUT2D eigenvalue weighted by Crippen LogP contribution is 2.10. The van der Waals surface area contributed by atoms with Gasteiger partial charge in [-0.05, 0) is 40.2 Å². The van der Waals surface area contributed by atoms with Crippen molar-refractivity contribution in [3.8, 4) is 5.88 Å². The van der Waals surface area contributed by atoms with Gasteiger partial charge in [-0.15, -0.1) is 0 Å². The van der Waals surface area contributed by atoms with Crippen LogP contribution in [0.15, 0.2) is 18.3 Å². The molecule has 1 rings (SSSR count). The van der Waals surface area contributed by atoms with E-state index in [-0.39, 0.29) is 5.78 Å². The minimum absolute atomic E-state index is 0.0125. The highest BCUT2D eigenvalue weighted by Gasteiger charge is 2.15. The van der Waals surface area contributed by atoms with E-state index in [0.717, 1.165) is 0 Å². The van der Waals surface area contributed by atoms with E-state index in [1.807, 2.05) is 6.92 Å². The molecule has 0 unspecified atom stereocenters. The first-order valence-corrected chi connectivity index (χ1v) is 7.40. The van der Waals surface area contributed by atoms with Crippen molar-refractivity contribution in [3.05, 3.63) is 23.9 Å². The number of rotatable bonds is 7. The second-order valence-corrected chi connectivity index (χ2v) is 5.77. The molecule has 122 valence electrons. The molecule has 0 aromatic carbocycles. The number of amides is 1. The second kappa shape index (κ2) is 8.36. The van der Waals surface area contributed by atoms with E-state index in [0.29, 0.717) is 37.4 Å². The van der Waals surface area contributed by atoms with Crippen LogP contribution in [0.1, 0.15) is 50.9 Å². The highest BCUT2D eigenvalue weighted by molar-refractivity contribution is 5.95. The zero-order valence-electron chi connectivity index (χ0n) is 13.6. The summed E-state index contributed by atoms with van der Waals surface area (Å²) in [7, 11) is 0. The Hall–Kier alpha value is -2.11. The highest BCUT2D eigenvalue weighted by atomic mass is 16.6. The molecule has 6 nitrogen and oxygen atoms in total. The monoisotopic (exact) mass is 308 g/mol. The van der Waals surface area contributed by atoms with Crippen molar-refractivity contribution < 1.29 is 19.1 Å². The third-order valence-electron chi connectivity index (χ3n) is 2.60. The number of hydrogen-bond donors (Lipinski definition) is 1. The maximum Gasteiger partial charge on any atom is 0.407 e. The van der Waals surface area contributed by atoms with Crippen LogP contribution in [0, 0.1) is 0 Å². The van der Waals surface area contributed by atoms with E-state index in [1.54, 1.807) is 32.9 Å². The lowest BCUT2D eigenvalue weighted by molar-refractivity contribution is 0.0525. The Morgan fingerprint density at radius 2 is 2.00 bits per heavy atom. The average molecular weight is 308 g/mol. The normalized spacial score (nSPS) is 10.9. The van der Waals surface area contributed by atoms with Crippen LogP contribution < -0.4 is 10.1 Å². The molecular formula is C16H24N2O4. The van der Waals surface area contributed by atoms with Crippen LogP contribution in [-0.2, 0) is 4.74 Å². The summed E-state index contributed by atoms with van der Waals surface area (Å²) in [6.07, 6.45) is 1.92. The van der Waals surface area contributed by atoms with Crippen LogP contribution >= 0.6 is 0 Å². The van der Waals surface area contributed by atoms with Crippen LogP contribution in [0.5, 0.6) is 5.88 Å². The van der Waals surface area contributed by atoms with E-state index in [4.69, 9.17) is 9.47 Å². The minimum Gasteiger partial charge on any atom is -0.478 e. The number of nitrogens with one attached hydrogen (secondary N) is 1. The lowest BCUT2D eigenvalue weighted by Crippen LogP contribution is -2.33. The summed E-state index contributed by atoms with van der Waals surface area (Å²) >= 11 is 0. The third kappa shape index (κ3) is 7.06. The standard InChI is InChI=1S/C16H24N2O4/c1-5-21-14-9-8-12(11-18-14)13(19)7-6-10-17-15(20)22-16(2,3)4/h8-9,11H,5-7,10H2,1-4H3,(H,17,20). The molecule has 1 amide bonds. The SMILES string of the molecule is CCOc1ccc(C(=O)CCCNC(=O)OC(C)(C)C)cn1. The van der Waals surface area contributed by atoms with Crippen LogP contribution in [0.25, 0.3) is 0 Å². The first-order chi connectivity index (χ1) is 10.3. The van der Waals surface area contributed by atoms with Gasteiger partial charge in [0.1, 0.15) is 5.60 Å². The van der Waals surface area contributed by atoms with Crippen LogP contribution in [0.4, 0.5) is 4.79 Å². The van der Waals surface area contributed by atoms with Crippen molar-refractivity contribution in [2.75, 3.05) is 13.2 Å². The molecule has 0 aliphatic carbocycles. The summed E-state index contributed by atoms with van der Waals surface area (Å²) in [6, 6.07) is 3.37. The summed E-state index contributed by atoms with van der Waals surface area (Å²) in [4.78, 5) is 27.4. The molecule has 0 radical (unpaired) electrons. The molecule has 22 heavy (non-hydrogen) atoms. The second-order valence-electron chi connectivity index (χ2n) is 5.77. The van der Waals surface area contributed by atoms with Gasteiger partial charge in [0.2, 0.25) is 5.88 Å². The molecular weight excluding hydrogens is 284 g/mol. The van der Waals surface area contributed by atoms with Crippen molar-refractivity contribution >= 4 is 11.9 Å². The molecule has 0 atom stereocenters. The Balaban J connectivity index is 2.30. The number of pyridine rings is 1. The molecule has 0 aliphatic rings. The van der Waals surface area contributed by atoms with Crippen molar-refractivity contribution in [2.24, 2.45) is 0 Å². The zero-order chi connectivity index (χ0) is 16.6. The van der Waals surface area contributed by atoms with Gasteiger partial charge in [-0.3, -0.25) is 4.79 Å². The first-order valence-electron chi connectivity index (χ1n) is 7.40. The summed E-state index contributed by atoms with van der Waals surface area (Å²) in [5.74, 6) is 0.493. The predicted molar refractivity (Wildman–Crippen MR) is 83.2 cm³/mol. The quantitative estimate of drug-likeness (QED) is 0.619. The summed E-state index contributed by atoms with van der Waals surface area (Å²) in [5.41, 5.74) is 0.0224. The number of aromatic nitrogens is 1. The van der Waals surface area contributed by atoms with Crippen molar-refractivity contribution in [2.45, 2.75) is 46.1 Å². The van der Waals surface area contributed by atoms with Crippen molar-refractivity contribution in [1.82, 2.24) is 10.3 Å². The van der Waals surface area contributed by atoms with E-state index in [1.165, 1.54) is 6.20 Å². The number of alkyl carbamates (subject to hydrolysis) is 1. The molecule has 1 heterocycles. The lowest BCUT2D eigenvalue weighted by Gasteiger charge is -2.19. The zero-order valence-corrected chi connectivity index (χ0v) is 13.6. The summed E-state index contributed by atoms with van der Waals surface area (Å²) in [5, 5.41) is 2.62. The molecule has 6 heteroatoms. The molecule has 0 fully saturated rings. The van der Waals surface area contributed by atoms with Gasteiger partial charge in [-0.2, -0.15) is 0 Å². The van der Waals surface area contributed by atoms with Gasteiger partial charge in [0.15, 0.2) is 5.78 Å². The molecule has 1 aromatic heterocycles. The number of carbonyl (C=O) groups is 2. The number of carbonyl (C=O) groups excluding carboxylic acids is 2. The van der Waals surface area contributed by atoms with Crippen LogP contribution in [0.3, 0.4) is 0 Å². The predicted octanol–water partition coefficient (Wildman–Crippen LogP) is 2.97. The fourth-order valence-electron chi connectivity index (χ4n) is 1.68. The Bertz CT molecular complexity index is 492. The smallest absolute Gasteiger partial charge is 0.407 e.